The van der Waals surface area contributed by atoms with Crippen molar-refractivity contribution < 1.29 is 9.53 Å². The Morgan fingerprint density at radius 3 is 2.82 bits per heavy atom. The van der Waals surface area contributed by atoms with Gasteiger partial charge in [0.1, 0.15) is 0 Å². The second-order valence-corrected chi connectivity index (χ2v) is 4.04. The normalized spacial score (nSPS) is 14.8. The van der Waals surface area contributed by atoms with Crippen molar-refractivity contribution in [1.82, 2.24) is 0 Å². The van der Waals surface area contributed by atoms with Gasteiger partial charge in [-0.25, -0.2) is 0 Å². The van der Waals surface area contributed by atoms with Crippen LogP contribution in [0.5, 0.6) is 0 Å². The van der Waals surface area contributed by atoms with Gasteiger partial charge in [-0.2, -0.15) is 0 Å². The summed E-state index contributed by atoms with van der Waals surface area (Å²) in [5.74, 6) is -0.212. The second-order valence-electron chi connectivity index (χ2n) is 4.04. The van der Waals surface area contributed by atoms with Gasteiger partial charge in [-0.15, -0.1) is 24.0 Å². The first-order chi connectivity index (χ1) is 7.72. The maximum atomic E-state index is 11.0. The molecule has 0 bridgehead atoms. The predicted molar refractivity (Wildman–Crippen MR) is 78.8 cm³/mol. The Kier molecular flexibility index (Phi) is 5.24. The Balaban J connectivity index is 0.00000144. The smallest absolute Gasteiger partial charge is 0.304 e. The third kappa shape index (κ3) is 3.12. The van der Waals surface area contributed by atoms with E-state index in [-0.39, 0.29) is 36.2 Å². The lowest BCUT2D eigenvalue weighted by atomic mass is 10.2. The van der Waals surface area contributed by atoms with Crippen LogP contribution in [-0.2, 0) is 16.0 Å². The van der Waals surface area contributed by atoms with Crippen molar-refractivity contribution in [3.05, 3.63) is 29.8 Å². The molecule has 1 unspecified atom stereocenters. The topological polar surface area (TPSA) is 29.5 Å². The van der Waals surface area contributed by atoms with Crippen LogP contribution in [0.15, 0.2) is 24.3 Å². The molecule has 1 aliphatic rings. The number of hydrogen-bond acceptors (Lipinski definition) is 3. The van der Waals surface area contributed by atoms with Crippen molar-refractivity contribution in [2.75, 3.05) is 11.4 Å². The number of carbonyl (C=O) groups excluding carboxylic acids is 1. The summed E-state index contributed by atoms with van der Waals surface area (Å²) in [5, 5.41) is 0. The fourth-order valence-electron chi connectivity index (χ4n) is 2.22. The number of nitrogens with zero attached hydrogens (tertiary/aromatic N) is 1. The summed E-state index contributed by atoms with van der Waals surface area (Å²) in [6.45, 7) is 4.43. The molecule has 17 heavy (non-hydrogen) atoms. The number of carbonyl (C=O) groups is 1. The summed E-state index contributed by atoms with van der Waals surface area (Å²) >= 11 is 0. The molecule has 0 saturated carbocycles. The predicted octanol–water partition coefficient (Wildman–Crippen LogP) is 2.97. The highest BCUT2D eigenvalue weighted by Gasteiger charge is 2.26. The molecule has 2 rings (SSSR count). The van der Waals surface area contributed by atoms with Crippen LogP contribution in [0.3, 0.4) is 0 Å². The molecule has 1 aromatic carbocycles. The molecule has 0 radical (unpaired) electrons. The van der Waals surface area contributed by atoms with Crippen molar-refractivity contribution >= 4 is 35.6 Å². The number of benzene rings is 1. The zero-order valence-electron chi connectivity index (χ0n) is 10.2. The molecule has 0 spiro atoms. The quantitative estimate of drug-likeness (QED) is 0.622. The van der Waals surface area contributed by atoms with Crippen molar-refractivity contribution in [3.63, 3.8) is 0 Å². The minimum absolute atomic E-state index is 0. The van der Waals surface area contributed by atoms with Crippen LogP contribution in [-0.4, -0.2) is 18.7 Å². The summed E-state index contributed by atoms with van der Waals surface area (Å²) in [7, 11) is 0. The van der Waals surface area contributed by atoms with E-state index in [1.807, 2.05) is 13.0 Å². The fourth-order valence-corrected chi connectivity index (χ4v) is 2.22. The van der Waals surface area contributed by atoms with Gasteiger partial charge in [0.2, 0.25) is 0 Å². The maximum absolute atomic E-state index is 11.0. The van der Waals surface area contributed by atoms with E-state index in [1.165, 1.54) is 18.2 Å². The summed E-state index contributed by atoms with van der Waals surface area (Å²) in [5.41, 5.74) is 2.55. The molecule has 3 nitrogen and oxygen atoms in total. The zero-order chi connectivity index (χ0) is 11.5. The number of ether oxygens (including phenoxy) is 1. The lowest BCUT2D eigenvalue weighted by Crippen LogP contribution is -2.36. The van der Waals surface area contributed by atoms with E-state index in [2.05, 4.69) is 23.1 Å². The average Bonchev–Trinajstić information content (AvgIpc) is 2.69. The van der Waals surface area contributed by atoms with E-state index in [9.17, 15) is 4.79 Å². The van der Waals surface area contributed by atoms with Crippen LogP contribution < -0.4 is 4.90 Å². The van der Waals surface area contributed by atoms with Gasteiger partial charge >= 0.3 is 5.97 Å². The average molecular weight is 347 g/mol. The largest absolute Gasteiger partial charge is 0.442 e. The number of esters is 1. The minimum atomic E-state index is -0.212. The molecule has 94 valence electrons. The van der Waals surface area contributed by atoms with Crippen LogP contribution in [0.25, 0.3) is 0 Å². The molecule has 0 amide bonds. The molecule has 0 aliphatic carbocycles. The zero-order valence-corrected chi connectivity index (χ0v) is 12.5. The molecular formula is C13H18INO2. The third-order valence-electron chi connectivity index (χ3n) is 2.92. The van der Waals surface area contributed by atoms with Crippen LogP contribution in [0, 0.1) is 0 Å². The van der Waals surface area contributed by atoms with Crippen LogP contribution in [0.1, 0.15) is 25.8 Å². The number of rotatable bonds is 3. The summed E-state index contributed by atoms with van der Waals surface area (Å²) in [6.07, 6.45) is 1.73. The Bertz CT molecular complexity index is 395. The molecule has 0 N–H and O–H groups in total. The van der Waals surface area contributed by atoms with Crippen molar-refractivity contribution in [2.24, 2.45) is 0 Å². The molecule has 1 heterocycles. The van der Waals surface area contributed by atoms with E-state index >= 15 is 0 Å². The first-order valence-corrected chi connectivity index (χ1v) is 5.74. The van der Waals surface area contributed by atoms with Crippen LogP contribution >= 0.6 is 24.0 Å². The Hall–Kier alpha value is -0.780. The maximum Gasteiger partial charge on any atom is 0.304 e. The first kappa shape index (κ1) is 14.3. The Labute approximate surface area is 119 Å². The minimum Gasteiger partial charge on any atom is -0.442 e. The number of anilines is 1. The van der Waals surface area contributed by atoms with Gasteiger partial charge in [0, 0.05) is 25.6 Å². The molecule has 4 heteroatoms. The summed E-state index contributed by atoms with van der Waals surface area (Å²) in [6, 6.07) is 8.30. The van der Waals surface area contributed by atoms with Gasteiger partial charge in [0.05, 0.1) is 0 Å². The summed E-state index contributed by atoms with van der Waals surface area (Å²) in [4.78, 5) is 13.2. The van der Waals surface area contributed by atoms with Gasteiger partial charge in [-0.1, -0.05) is 25.1 Å². The molecule has 0 aromatic heterocycles. The van der Waals surface area contributed by atoms with Crippen LogP contribution in [0.4, 0.5) is 5.69 Å². The monoisotopic (exact) mass is 347 g/mol. The number of hydrogen-bond donors (Lipinski definition) is 0. The first-order valence-electron chi connectivity index (χ1n) is 5.74. The van der Waals surface area contributed by atoms with E-state index in [1.54, 1.807) is 0 Å². The second kappa shape index (κ2) is 6.23. The highest BCUT2D eigenvalue weighted by Crippen LogP contribution is 2.30. The molecule has 1 aliphatic heterocycles. The molecule has 1 atom stereocenters. The number of para-hydroxylation sites is 1. The van der Waals surface area contributed by atoms with Crippen molar-refractivity contribution in [1.29, 1.82) is 0 Å². The molecular weight excluding hydrogens is 329 g/mol. The lowest BCUT2D eigenvalue weighted by Gasteiger charge is -2.28. The number of halogens is 1. The van der Waals surface area contributed by atoms with Crippen molar-refractivity contribution in [3.8, 4) is 0 Å². The summed E-state index contributed by atoms with van der Waals surface area (Å²) < 4.78 is 5.33. The highest BCUT2D eigenvalue weighted by atomic mass is 127. The van der Waals surface area contributed by atoms with E-state index in [0.29, 0.717) is 0 Å². The Morgan fingerprint density at radius 1 is 1.47 bits per heavy atom. The van der Waals surface area contributed by atoms with E-state index in [0.717, 1.165) is 19.4 Å². The van der Waals surface area contributed by atoms with Crippen LogP contribution in [0.2, 0.25) is 0 Å². The van der Waals surface area contributed by atoms with Gasteiger partial charge in [-0.05, 0) is 18.1 Å². The Morgan fingerprint density at radius 2 is 2.18 bits per heavy atom. The van der Waals surface area contributed by atoms with Gasteiger partial charge in [-0.3, -0.25) is 4.79 Å². The highest BCUT2D eigenvalue weighted by molar-refractivity contribution is 14.0. The van der Waals surface area contributed by atoms with Gasteiger partial charge in [0.15, 0.2) is 6.23 Å². The molecule has 0 saturated heterocycles. The lowest BCUT2D eigenvalue weighted by molar-refractivity contribution is -0.146. The molecule has 0 fully saturated rings. The standard InChI is InChI=1S/C13H17NO2.HI/c1-3-13(16-10(2)15)14-9-8-11-6-4-5-7-12(11)14;/h4-7,13H,3,8-9H2,1-2H3;1H. The van der Waals surface area contributed by atoms with Gasteiger partial charge < -0.3 is 9.64 Å². The van der Waals surface area contributed by atoms with Crippen molar-refractivity contribution in [2.45, 2.75) is 32.9 Å². The number of fused-ring (bicyclic) bond motifs is 1. The third-order valence-corrected chi connectivity index (χ3v) is 2.92. The fraction of sp³-hybridized carbons (Fsp3) is 0.462. The van der Waals surface area contributed by atoms with E-state index < -0.39 is 0 Å². The SMILES string of the molecule is CCC(OC(C)=O)N1CCc2ccccc21.I. The van der Waals surface area contributed by atoms with E-state index in [4.69, 9.17) is 4.74 Å². The molecule has 1 aromatic rings. The van der Waals surface area contributed by atoms with Gasteiger partial charge in [0.25, 0.3) is 0 Å².